The van der Waals surface area contributed by atoms with Crippen molar-refractivity contribution in [3.63, 3.8) is 0 Å². The van der Waals surface area contributed by atoms with Crippen molar-refractivity contribution in [1.29, 1.82) is 0 Å². The van der Waals surface area contributed by atoms with Crippen molar-refractivity contribution in [1.82, 2.24) is 0 Å². The van der Waals surface area contributed by atoms with Crippen LogP contribution in [0.25, 0.3) is 0 Å². The molecular weight excluding hydrogens is 198 g/mol. The maximum atomic E-state index is 11.2. The molecule has 0 aromatic heterocycles. The van der Waals surface area contributed by atoms with Gasteiger partial charge in [-0.2, -0.15) is 0 Å². The van der Waals surface area contributed by atoms with Crippen LogP contribution in [0, 0.1) is 0 Å². The lowest BCUT2D eigenvalue weighted by Gasteiger charge is -2.00. The molecule has 0 amide bonds. The van der Waals surface area contributed by atoms with E-state index in [0.29, 0.717) is 10.8 Å². The summed E-state index contributed by atoms with van der Waals surface area (Å²) in [6.07, 6.45) is 2.23. The molecule has 2 unspecified atom stereocenters. The predicted octanol–water partition coefficient (Wildman–Crippen LogP) is 0.905. The van der Waals surface area contributed by atoms with Gasteiger partial charge in [0, 0.05) is 18.2 Å². The maximum absolute atomic E-state index is 11.2. The summed E-state index contributed by atoms with van der Waals surface area (Å²) in [4.78, 5) is 0.371. The Morgan fingerprint density at radius 1 is 1.29 bits per heavy atom. The lowest BCUT2D eigenvalue weighted by atomic mass is 10.1. The van der Waals surface area contributed by atoms with E-state index in [-0.39, 0.29) is 6.04 Å². The van der Waals surface area contributed by atoms with Gasteiger partial charge in [0.15, 0.2) is 9.84 Å². The Morgan fingerprint density at radius 3 is 2.14 bits per heavy atom. The van der Waals surface area contributed by atoms with Gasteiger partial charge < -0.3 is 5.73 Å². The Bertz CT molecular complexity index is 436. The molecule has 3 nitrogen and oxygen atoms in total. The highest BCUT2D eigenvalue weighted by Gasteiger charge is 2.34. The summed E-state index contributed by atoms with van der Waals surface area (Å²) in [6.45, 7) is 0. The molecule has 14 heavy (non-hydrogen) atoms. The summed E-state index contributed by atoms with van der Waals surface area (Å²) < 4.78 is 22.3. The molecule has 1 aliphatic rings. The van der Waals surface area contributed by atoms with Gasteiger partial charge in [-0.3, -0.25) is 0 Å². The number of hydrogen-bond acceptors (Lipinski definition) is 3. The molecule has 0 aliphatic heterocycles. The zero-order chi connectivity index (χ0) is 10.3. The Kier molecular flexibility index (Phi) is 2.12. The first-order chi connectivity index (χ1) is 6.48. The summed E-state index contributed by atoms with van der Waals surface area (Å²) in [5, 5.41) is 0. The quantitative estimate of drug-likeness (QED) is 0.790. The van der Waals surface area contributed by atoms with Gasteiger partial charge in [0.05, 0.1) is 4.90 Å². The molecule has 0 saturated heterocycles. The summed E-state index contributed by atoms with van der Waals surface area (Å²) in [7, 11) is -3.07. The highest BCUT2D eigenvalue weighted by molar-refractivity contribution is 7.90. The fourth-order valence-corrected chi connectivity index (χ4v) is 2.19. The minimum absolute atomic E-state index is 0.263. The van der Waals surface area contributed by atoms with Crippen LogP contribution in [0.1, 0.15) is 17.9 Å². The van der Waals surface area contributed by atoms with Crippen LogP contribution < -0.4 is 5.73 Å². The van der Waals surface area contributed by atoms with E-state index in [4.69, 9.17) is 5.73 Å². The summed E-state index contributed by atoms with van der Waals surface area (Å²) in [5.74, 6) is 0.434. The number of sulfone groups is 1. The van der Waals surface area contributed by atoms with E-state index in [0.717, 1.165) is 12.0 Å². The number of rotatable bonds is 2. The third-order valence-electron chi connectivity index (χ3n) is 2.58. The Morgan fingerprint density at radius 2 is 1.79 bits per heavy atom. The molecule has 2 rings (SSSR count). The molecule has 2 N–H and O–H groups in total. The molecular formula is C10H13NO2S. The lowest BCUT2D eigenvalue weighted by molar-refractivity contribution is 0.602. The summed E-state index contributed by atoms with van der Waals surface area (Å²) in [6, 6.07) is 7.27. The second-order valence-electron chi connectivity index (χ2n) is 3.85. The number of hydrogen-bond donors (Lipinski definition) is 1. The highest BCUT2D eigenvalue weighted by atomic mass is 32.2. The van der Waals surface area contributed by atoms with Crippen molar-refractivity contribution in [2.75, 3.05) is 6.26 Å². The van der Waals surface area contributed by atoms with E-state index in [1.807, 2.05) is 12.1 Å². The summed E-state index contributed by atoms with van der Waals surface area (Å²) in [5.41, 5.74) is 6.85. The normalized spacial score (nSPS) is 26.1. The van der Waals surface area contributed by atoms with Gasteiger partial charge in [-0.15, -0.1) is 0 Å². The fraction of sp³-hybridized carbons (Fsp3) is 0.400. The smallest absolute Gasteiger partial charge is 0.175 e. The second kappa shape index (κ2) is 3.07. The van der Waals surface area contributed by atoms with Crippen molar-refractivity contribution in [2.24, 2.45) is 5.73 Å². The number of benzene rings is 1. The van der Waals surface area contributed by atoms with Crippen LogP contribution in [0.2, 0.25) is 0 Å². The van der Waals surface area contributed by atoms with Crippen LogP contribution in [0.4, 0.5) is 0 Å². The molecule has 1 saturated carbocycles. The van der Waals surface area contributed by atoms with Gasteiger partial charge in [0.1, 0.15) is 0 Å². The lowest BCUT2D eigenvalue weighted by Crippen LogP contribution is -2.01. The van der Waals surface area contributed by atoms with Crippen molar-refractivity contribution < 1.29 is 8.42 Å². The van der Waals surface area contributed by atoms with E-state index in [1.165, 1.54) is 6.26 Å². The molecule has 0 bridgehead atoms. The van der Waals surface area contributed by atoms with E-state index >= 15 is 0 Å². The van der Waals surface area contributed by atoms with Gasteiger partial charge in [-0.1, -0.05) is 12.1 Å². The van der Waals surface area contributed by atoms with Gasteiger partial charge >= 0.3 is 0 Å². The fourth-order valence-electron chi connectivity index (χ4n) is 1.56. The van der Waals surface area contributed by atoms with Crippen molar-refractivity contribution in [3.8, 4) is 0 Å². The van der Waals surface area contributed by atoms with Crippen molar-refractivity contribution >= 4 is 9.84 Å². The predicted molar refractivity (Wildman–Crippen MR) is 54.9 cm³/mol. The second-order valence-corrected chi connectivity index (χ2v) is 5.86. The van der Waals surface area contributed by atoms with Crippen molar-refractivity contribution in [2.45, 2.75) is 23.3 Å². The maximum Gasteiger partial charge on any atom is 0.175 e. The zero-order valence-corrected chi connectivity index (χ0v) is 8.79. The third-order valence-corrected chi connectivity index (χ3v) is 3.70. The van der Waals surface area contributed by atoms with Crippen LogP contribution in [-0.2, 0) is 9.84 Å². The monoisotopic (exact) mass is 211 g/mol. The van der Waals surface area contributed by atoms with Gasteiger partial charge in [-0.25, -0.2) is 8.42 Å². The topological polar surface area (TPSA) is 60.2 Å². The Balaban J connectivity index is 2.27. The van der Waals surface area contributed by atoms with Crippen LogP contribution in [0.3, 0.4) is 0 Å². The minimum atomic E-state index is -3.07. The number of nitrogens with two attached hydrogens (primary N) is 1. The van der Waals surface area contributed by atoms with Crippen molar-refractivity contribution in [3.05, 3.63) is 29.8 Å². The van der Waals surface area contributed by atoms with Crippen LogP contribution >= 0.6 is 0 Å². The minimum Gasteiger partial charge on any atom is -0.327 e. The van der Waals surface area contributed by atoms with Gasteiger partial charge in [0.2, 0.25) is 0 Å². The largest absolute Gasteiger partial charge is 0.327 e. The summed E-state index contributed by atoms with van der Waals surface area (Å²) >= 11 is 0. The standard InChI is InChI=1S/C10H13NO2S/c1-14(12,13)8-4-2-7(3-5-8)9-6-10(9)11/h2-5,9-10H,6,11H2,1H3. The molecule has 4 heteroatoms. The molecule has 0 spiro atoms. The molecule has 1 aliphatic carbocycles. The molecule has 2 atom stereocenters. The molecule has 76 valence electrons. The molecule has 1 aromatic rings. The SMILES string of the molecule is CS(=O)(=O)c1ccc(C2CC2N)cc1. The molecule has 0 radical (unpaired) electrons. The van der Waals surface area contributed by atoms with Gasteiger partial charge in [-0.05, 0) is 24.1 Å². The molecule has 0 heterocycles. The average Bonchev–Trinajstić information content (AvgIpc) is 2.81. The Hall–Kier alpha value is -0.870. The van der Waals surface area contributed by atoms with Gasteiger partial charge in [0.25, 0.3) is 0 Å². The third kappa shape index (κ3) is 1.81. The van der Waals surface area contributed by atoms with E-state index < -0.39 is 9.84 Å². The molecule has 1 fully saturated rings. The first kappa shape index (κ1) is 9.68. The average molecular weight is 211 g/mol. The van der Waals surface area contributed by atoms with E-state index in [1.54, 1.807) is 12.1 Å². The zero-order valence-electron chi connectivity index (χ0n) is 7.97. The van der Waals surface area contributed by atoms with Crippen LogP contribution in [0.15, 0.2) is 29.2 Å². The van der Waals surface area contributed by atoms with E-state index in [9.17, 15) is 8.42 Å². The highest BCUT2D eigenvalue weighted by Crippen LogP contribution is 2.38. The van der Waals surface area contributed by atoms with Crippen LogP contribution in [-0.4, -0.2) is 20.7 Å². The van der Waals surface area contributed by atoms with Crippen LogP contribution in [0.5, 0.6) is 0 Å². The Labute approximate surface area is 83.9 Å². The first-order valence-electron chi connectivity index (χ1n) is 4.54. The van der Waals surface area contributed by atoms with E-state index in [2.05, 4.69) is 0 Å². The molecule has 1 aromatic carbocycles. The first-order valence-corrected chi connectivity index (χ1v) is 6.43.